The molecule has 1 saturated carbocycles. The summed E-state index contributed by atoms with van der Waals surface area (Å²) in [5.74, 6) is 0.321. The molecule has 1 aliphatic carbocycles. The van der Waals surface area contributed by atoms with Crippen molar-refractivity contribution in [3.8, 4) is 0 Å². The highest BCUT2D eigenvalue weighted by molar-refractivity contribution is 5.92. The van der Waals surface area contributed by atoms with Gasteiger partial charge >= 0.3 is 0 Å². The largest absolute Gasteiger partial charge is 0.353 e. The van der Waals surface area contributed by atoms with Crippen LogP contribution in [0.2, 0.25) is 0 Å². The van der Waals surface area contributed by atoms with E-state index in [1.165, 1.54) is 0 Å². The van der Waals surface area contributed by atoms with Crippen LogP contribution in [0, 0.1) is 5.92 Å². The monoisotopic (exact) mass is 139 g/mol. The van der Waals surface area contributed by atoms with Gasteiger partial charge in [0.1, 0.15) is 5.78 Å². The molecule has 0 unspecified atom stereocenters. The molecule has 0 radical (unpaired) electrons. The molecule has 0 aromatic rings. The Hall–Kier alpha value is -0.860. The summed E-state index contributed by atoms with van der Waals surface area (Å²) >= 11 is 0. The molecule has 2 aliphatic rings. The highest BCUT2D eigenvalue weighted by Gasteiger charge is 2.38. The molecule has 2 bridgehead atoms. The van der Waals surface area contributed by atoms with E-state index in [1.54, 1.807) is 0 Å². The van der Waals surface area contributed by atoms with Gasteiger partial charge in [-0.2, -0.15) is 0 Å². The van der Waals surface area contributed by atoms with Crippen LogP contribution in [0.5, 0.6) is 0 Å². The van der Waals surface area contributed by atoms with Crippen LogP contribution < -0.4 is 5.32 Å². The van der Waals surface area contributed by atoms with Gasteiger partial charge in [0.05, 0.1) is 0 Å². The lowest BCUT2D eigenvalue weighted by molar-refractivity contribution is -0.126. The molecule has 1 heterocycles. The quantitative estimate of drug-likeness (QED) is 0.507. The van der Waals surface area contributed by atoms with Gasteiger partial charge in [-0.15, -0.1) is 0 Å². The number of carbonyl (C=O) groups is 2. The van der Waals surface area contributed by atoms with Crippen LogP contribution in [0.15, 0.2) is 0 Å². The van der Waals surface area contributed by atoms with Crippen molar-refractivity contribution in [2.45, 2.75) is 25.3 Å². The van der Waals surface area contributed by atoms with E-state index in [9.17, 15) is 9.59 Å². The van der Waals surface area contributed by atoms with E-state index < -0.39 is 0 Å². The first-order valence-corrected chi connectivity index (χ1v) is 3.58. The number of carbonyl (C=O) groups excluding carboxylic acids is 2. The first-order valence-electron chi connectivity index (χ1n) is 3.58. The minimum atomic E-state index is 0.00579. The Morgan fingerprint density at radius 1 is 1.30 bits per heavy atom. The Morgan fingerprint density at radius 3 is 2.80 bits per heavy atom. The number of fused-ring (bicyclic) bond motifs is 2. The van der Waals surface area contributed by atoms with Crippen LogP contribution in [0.1, 0.15) is 19.3 Å². The Labute approximate surface area is 58.8 Å². The van der Waals surface area contributed by atoms with Gasteiger partial charge in [0.2, 0.25) is 5.91 Å². The van der Waals surface area contributed by atoms with Crippen molar-refractivity contribution < 1.29 is 9.59 Å². The van der Waals surface area contributed by atoms with E-state index in [4.69, 9.17) is 0 Å². The van der Waals surface area contributed by atoms with Crippen LogP contribution >= 0.6 is 0 Å². The third-order valence-electron chi connectivity index (χ3n) is 2.23. The molecule has 2 fully saturated rings. The molecule has 0 aromatic carbocycles. The number of hydrogen-bond donors (Lipinski definition) is 1. The van der Waals surface area contributed by atoms with Gasteiger partial charge in [0.25, 0.3) is 0 Å². The highest BCUT2D eigenvalue weighted by Crippen LogP contribution is 2.27. The Morgan fingerprint density at radius 2 is 2.10 bits per heavy atom. The van der Waals surface area contributed by atoms with Crippen LogP contribution in [0.4, 0.5) is 0 Å². The second-order valence-corrected chi connectivity index (χ2v) is 3.09. The fourth-order valence-corrected chi connectivity index (χ4v) is 1.77. The number of nitrogens with one attached hydrogen (secondary N) is 1. The lowest BCUT2D eigenvalue weighted by Crippen LogP contribution is -2.26. The van der Waals surface area contributed by atoms with Crippen molar-refractivity contribution in [1.82, 2.24) is 5.32 Å². The van der Waals surface area contributed by atoms with Crippen LogP contribution in [-0.4, -0.2) is 17.7 Å². The maximum Gasteiger partial charge on any atom is 0.223 e. The smallest absolute Gasteiger partial charge is 0.223 e. The molecular formula is C7H9NO2. The normalized spacial score (nSPS) is 38.0. The molecule has 54 valence electrons. The summed E-state index contributed by atoms with van der Waals surface area (Å²) < 4.78 is 0. The van der Waals surface area contributed by atoms with Gasteiger partial charge in [0.15, 0.2) is 0 Å². The van der Waals surface area contributed by atoms with Crippen molar-refractivity contribution in [3.05, 3.63) is 0 Å². The van der Waals surface area contributed by atoms with Crippen molar-refractivity contribution >= 4 is 11.7 Å². The standard InChI is InChI=1S/C7H9NO2/c9-6-2-4-1-5(3-6)8-7(4)10/h4-5H,1-3H2,(H,8,10)/t4-,5-/m0/s1. The molecule has 0 spiro atoms. The lowest BCUT2D eigenvalue weighted by Gasteiger charge is -2.13. The summed E-state index contributed by atoms with van der Waals surface area (Å²) in [6.07, 6.45) is 1.91. The molecule has 1 aliphatic heterocycles. The van der Waals surface area contributed by atoms with Crippen molar-refractivity contribution in [2.24, 2.45) is 5.92 Å². The zero-order chi connectivity index (χ0) is 7.14. The fraction of sp³-hybridized carbons (Fsp3) is 0.714. The van der Waals surface area contributed by atoms with Gasteiger partial charge < -0.3 is 5.32 Å². The molecule has 1 N–H and O–H groups in total. The number of Topliss-reactive ketones (excluding diaryl/α,β-unsaturated/α-hetero) is 1. The van der Waals surface area contributed by atoms with Gasteiger partial charge in [-0.1, -0.05) is 0 Å². The van der Waals surface area contributed by atoms with Crippen LogP contribution in [-0.2, 0) is 9.59 Å². The number of ketones is 1. The van der Waals surface area contributed by atoms with Crippen LogP contribution in [0.3, 0.4) is 0 Å². The minimum Gasteiger partial charge on any atom is -0.353 e. The Kier molecular flexibility index (Phi) is 1.07. The second-order valence-electron chi connectivity index (χ2n) is 3.09. The fourth-order valence-electron chi connectivity index (χ4n) is 1.77. The predicted octanol–water partition coefficient (Wildman–Crippen LogP) is -0.146. The molecule has 1 amide bonds. The zero-order valence-corrected chi connectivity index (χ0v) is 5.59. The third-order valence-corrected chi connectivity index (χ3v) is 2.23. The van der Waals surface area contributed by atoms with E-state index in [0.717, 1.165) is 6.42 Å². The topological polar surface area (TPSA) is 46.2 Å². The molecule has 3 nitrogen and oxygen atoms in total. The predicted molar refractivity (Wildman–Crippen MR) is 34.3 cm³/mol. The zero-order valence-electron chi connectivity index (χ0n) is 5.59. The third kappa shape index (κ3) is 0.735. The van der Waals surface area contributed by atoms with Gasteiger partial charge in [-0.05, 0) is 6.42 Å². The molecule has 2 atom stereocenters. The lowest BCUT2D eigenvalue weighted by atomic mass is 9.89. The van der Waals surface area contributed by atoms with Gasteiger partial charge in [-0.25, -0.2) is 0 Å². The summed E-state index contributed by atoms with van der Waals surface area (Å²) in [4.78, 5) is 21.8. The number of rotatable bonds is 0. The molecule has 10 heavy (non-hydrogen) atoms. The molecule has 2 rings (SSSR count). The van der Waals surface area contributed by atoms with E-state index in [1.807, 2.05) is 0 Å². The maximum absolute atomic E-state index is 10.9. The summed E-state index contributed by atoms with van der Waals surface area (Å²) in [5, 5.41) is 2.79. The SMILES string of the molecule is O=C1C[C@@H]2C[C@@H](C1)C(=O)N2. The average molecular weight is 139 g/mol. The summed E-state index contributed by atoms with van der Waals surface area (Å²) in [6, 6.07) is 0.166. The summed E-state index contributed by atoms with van der Waals surface area (Å²) in [6.45, 7) is 0. The van der Waals surface area contributed by atoms with Gasteiger partial charge in [-0.3, -0.25) is 9.59 Å². The number of amides is 1. The van der Waals surface area contributed by atoms with Gasteiger partial charge in [0, 0.05) is 24.8 Å². The van der Waals surface area contributed by atoms with E-state index in [0.29, 0.717) is 12.8 Å². The molecule has 3 heteroatoms. The summed E-state index contributed by atoms with van der Waals surface area (Å²) in [5.41, 5.74) is 0. The molecule has 1 saturated heterocycles. The van der Waals surface area contributed by atoms with Crippen LogP contribution in [0.25, 0.3) is 0 Å². The van der Waals surface area contributed by atoms with E-state index in [2.05, 4.69) is 5.32 Å². The summed E-state index contributed by atoms with van der Waals surface area (Å²) in [7, 11) is 0. The highest BCUT2D eigenvalue weighted by atomic mass is 16.2. The molecule has 0 aromatic heterocycles. The van der Waals surface area contributed by atoms with E-state index in [-0.39, 0.29) is 23.7 Å². The second kappa shape index (κ2) is 1.81. The first-order chi connectivity index (χ1) is 4.75. The van der Waals surface area contributed by atoms with Crippen molar-refractivity contribution in [1.29, 1.82) is 0 Å². The average Bonchev–Trinajstić information content (AvgIpc) is 2.07. The Bertz CT molecular complexity index is 198. The van der Waals surface area contributed by atoms with Crippen molar-refractivity contribution in [3.63, 3.8) is 0 Å². The minimum absolute atomic E-state index is 0.00579. The van der Waals surface area contributed by atoms with Crippen molar-refractivity contribution in [2.75, 3.05) is 0 Å². The molecular weight excluding hydrogens is 130 g/mol. The Balaban J connectivity index is 2.20. The van der Waals surface area contributed by atoms with E-state index >= 15 is 0 Å². The first kappa shape index (κ1) is 5.89. The maximum atomic E-state index is 10.9. The number of hydrogen-bond acceptors (Lipinski definition) is 2.